The first-order valence-electron chi connectivity index (χ1n) is 7.89. The second-order valence-electron chi connectivity index (χ2n) is 5.91. The van der Waals surface area contributed by atoms with Gasteiger partial charge in [-0.3, -0.25) is 0 Å². The summed E-state index contributed by atoms with van der Waals surface area (Å²) in [6, 6.07) is 9.22. The molecule has 2 heterocycles. The molecule has 3 rings (SSSR count). The molecule has 1 aromatic carbocycles. The molecule has 2 aliphatic heterocycles. The molecule has 3 heteroatoms. The summed E-state index contributed by atoms with van der Waals surface area (Å²) < 4.78 is 5.79. The van der Waals surface area contributed by atoms with Gasteiger partial charge in [0.05, 0.1) is 6.61 Å². The van der Waals surface area contributed by atoms with E-state index in [2.05, 4.69) is 48.4 Å². The molecule has 0 amide bonds. The molecule has 0 bridgehead atoms. The van der Waals surface area contributed by atoms with Gasteiger partial charge in [-0.05, 0) is 56.0 Å². The largest absolute Gasteiger partial charge is 0.493 e. The zero-order chi connectivity index (χ0) is 13.8. The summed E-state index contributed by atoms with van der Waals surface area (Å²) in [5, 5.41) is 4.38. The number of benzene rings is 1. The van der Waals surface area contributed by atoms with E-state index in [4.69, 9.17) is 4.74 Å². The molecular formula is C17H25NOS. The van der Waals surface area contributed by atoms with E-state index in [9.17, 15) is 0 Å². The Morgan fingerprint density at radius 3 is 3.00 bits per heavy atom. The molecule has 0 saturated carbocycles. The maximum absolute atomic E-state index is 5.79. The Bertz CT molecular complexity index is 431. The summed E-state index contributed by atoms with van der Waals surface area (Å²) >= 11 is 2.17. The Morgan fingerprint density at radius 2 is 2.20 bits per heavy atom. The number of thioether (sulfide) groups is 1. The fraction of sp³-hybridized carbons (Fsp3) is 0.647. The van der Waals surface area contributed by atoms with E-state index in [1.54, 1.807) is 0 Å². The van der Waals surface area contributed by atoms with Crippen LogP contribution in [0.3, 0.4) is 0 Å². The average Bonchev–Trinajstić information content (AvgIpc) is 2.53. The number of fused-ring (bicyclic) bond motifs is 1. The highest BCUT2D eigenvalue weighted by Gasteiger charge is 2.29. The molecule has 2 nitrogen and oxygen atoms in total. The Labute approximate surface area is 126 Å². The molecule has 2 aliphatic rings. The average molecular weight is 291 g/mol. The van der Waals surface area contributed by atoms with Crippen LogP contribution in [0.25, 0.3) is 0 Å². The molecule has 1 N–H and O–H groups in total. The molecule has 1 saturated heterocycles. The van der Waals surface area contributed by atoms with Gasteiger partial charge in [0.1, 0.15) is 5.75 Å². The Kier molecular flexibility index (Phi) is 4.90. The third-order valence-electron chi connectivity index (χ3n) is 4.66. The minimum absolute atomic E-state index is 0.636. The van der Waals surface area contributed by atoms with Gasteiger partial charge in [-0.1, -0.05) is 24.6 Å². The molecule has 20 heavy (non-hydrogen) atoms. The predicted octanol–water partition coefficient (Wildman–Crippen LogP) is 3.82. The predicted molar refractivity (Wildman–Crippen MR) is 86.9 cm³/mol. The number of hydrogen-bond acceptors (Lipinski definition) is 3. The van der Waals surface area contributed by atoms with Crippen LogP contribution in [-0.2, 0) is 0 Å². The lowest BCUT2D eigenvalue weighted by Crippen LogP contribution is -2.39. The van der Waals surface area contributed by atoms with Gasteiger partial charge >= 0.3 is 0 Å². The van der Waals surface area contributed by atoms with Crippen molar-refractivity contribution in [3.05, 3.63) is 29.8 Å². The van der Waals surface area contributed by atoms with Gasteiger partial charge < -0.3 is 10.1 Å². The molecule has 110 valence electrons. The molecule has 3 atom stereocenters. The molecule has 1 aromatic rings. The lowest BCUT2D eigenvalue weighted by molar-refractivity contribution is 0.254. The van der Waals surface area contributed by atoms with Crippen molar-refractivity contribution in [2.75, 3.05) is 19.4 Å². The molecule has 0 spiro atoms. The Morgan fingerprint density at radius 1 is 1.30 bits per heavy atom. The van der Waals surface area contributed by atoms with E-state index >= 15 is 0 Å². The zero-order valence-corrected chi connectivity index (χ0v) is 13.1. The molecule has 0 radical (unpaired) electrons. The van der Waals surface area contributed by atoms with Crippen LogP contribution in [0.4, 0.5) is 0 Å². The number of ether oxygens (including phenoxy) is 1. The summed E-state index contributed by atoms with van der Waals surface area (Å²) in [6.07, 6.45) is 6.58. The first-order valence-corrected chi connectivity index (χ1v) is 8.94. The van der Waals surface area contributed by atoms with E-state index in [1.165, 1.54) is 37.0 Å². The lowest BCUT2D eigenvalue weighted by atomic mass is 9.86. The van der Waals surface area contributed by atoms with Gasteiger partial charge in [0, 0.05) is 11.3 Å². The van der Waals surface area contributed by atoms with E-state index in [1.807, 2.05) is 0 Å². The second-order valence-corrected chi connectivity index (χ2v) is 7.25. The number of hydrogen-bond donors (Lipinski definition) is 1. The highest BCUT2D eigenvalue weighted by atomic mass is 32.2. The highest BCUT2D eigenvalue weighted by molar-refractivity contribution is 8.00. The fourth-order valence-electron chi connectivity index (χ4n) is 3.51. The molecule has 0 aromatic heterocycles. The first kappa shape index (κ1) is 14.3. The van der Waals surface area contributed by atoms with E-state index in [0.717, 1.165) is 24.0 Å². The normalized spacial score (nSPS) is 27.4. The standard InChI is InChI=1S/C17H25NOS/c1-18-15(17-8-4-5-11-20-17)12-13-9-10-19-16-7-3-2-6-14(13)16/h2-3,6-7,13,15,17-18H,4-5,8-12H2,1H3. The van der Waals surface area contributed by atoms with Crippen molar-refractivity contribution < 1.29 is 4.74 Å². The van der Waals surface area contributed by atoms with Gasteiger partial charge in [-0.15, -0.1) is 0 Å². The van der Waals surface area contributed by atoms with Gasteiger partial charge in [0.2, 0.25) is 0 Å². The Balaban J connectivity index is 1.70. The van der Waals surface area contributed by atoms with Gasteiger partial charge in [-0.25, -0.2) is 0 Å². The van der Waals surface area contributed by atoms with Crippen molar-refractivity contribution in [1.82, 2.24) is 5.32 Å². The lowest BCUT2D eigenvalue weighted by Gasteiger charge is -2.34. The highest BCUT2D eigenvalue weighted by Crippen LogP contribution is 2.38. The van der Waals surface area contributed by atoms with Crippen molar-refractivity contribution in [3.8, 4) is 5.75 Å². The third-order valence-corrected chi connectivity index (χ3v) is 6.17. The van der Waals surface area contributed by atoms with E-state index in [-0.39, 0.29) is 0 Å². The van der Waals surface area contributed by atoms with Gasteiger partial charge in [-0.2, -0.15) is 11.8 Å². The van der Waals surface area contributed by atoms with Crippen molar-refractivity contribution in [2.45, 2.75) is 49.3 Å². The smallest absolute Gasteiger partial charge is 0.122 e. The van der Waals surface area contributed by atoms with Crippen LogP contribution in [0.5, 0.6) is 5.75 Å². The summed E-state index contributed by atoms with van der Waals surface area (Å²) in [6.45, 7) is 0.871. The topological polar surface area (TPSA) is 21.3 Å². The maximum atomic E-state index is 5.79. The minimum Gasteiger partial charge on any atom is -0.493 e. The summed E-state index contributed by atoms with van der Waals surface area (Å²) in [4.78, 5) is 0. The van der Waals surface area contributed by atoms with E-state index < -0.39 is 0 Å². The zero-order valence-electron chi connectivity index (χ0n) is 12.3. The number of rotatable bonds is 4. The van der Waals surface area contributed by atoms with E-state index in [0.29, 0.717) is 12.0 Å². The minimum atomic E-state index is 0.636. The van der Waals surface area contributed by atoms with Crippen LogP contribution in [0.1, 0.15) is 43.6 Å². The van der Waals surface area contributed by atoms with Crippen molar-refractivity contribution >= 4 is 11.8 Å². The van der Waals surface area contributed by atoms with Gasteiger partial charge in [0.25, 0.3) is 0 Å². The van der Waals surface area contributed by atoms with Crippen LogP contribution in [-0.4, -0.2) is 30.7 Å². The van der Waals surface area contributed by atoms with Crippen molar-refractivity contribution in [3.63, 3.8) is 0 Å². The first-order chi connectivity index (χ1) is 9.88. The van der Waals surface area contributed by atoms with Gasteiger partial charge in [0.15, 0.2) is 0 Å². The van der Waals surface area contributed by atoms with Crippen LogP contribution in [0.2, 0.25) is 0 Å². The Hall–Kier alpha value is -0.670. The molecule has 0 aliphatic carbocycles. The fourth-order valence-corrected chi connectivity index (χ4v) is 4.99. The third kappa shape index (κ3) is 3.15. The SMILES string of the molecule is CNC(CC1CCOc2ccccc21)C1CCCCS1. The molecular weight excluding hydrogens is 266 g/mol. The summed E-state index contributed by atoms with van der Waals surface area (Å²) in [5.74, 6) is 3.10. The number of para-hydroxylation sites is 1. The van der Waals surface area contributed by atoms with Crippen LogP contribution < -0.4 is 10.1 Å². The monoisotopic (exact) mass is 291 g/mol. The molecule has 3 unspecified atom stereocenters. The van der Waals surface area contributed by atoms with Crippen molar-refractivity contribution in [2.24, 2.45) is 0 Å². The van der Waals surface area contributed by atoms with Crippen molar-refractivity contribution in [1.29, 1.82) is 0 Å². The van der Waals surface area contributed by atoms with Crippen LogP contribution in [0.15, 0.2) is 24.3 Å². The van der Waals surface area contributed by atoms with Crippen LogP contribution in [0, 0.1) is 0 Å². The summed E-state index contributed by atoms with van der Waals surface area (Å²) in [7, 11) is 2.13. The quantitative estimate of drug-likeness (QED) is 0.911. The summed E-state index contributed by atoms with van der Waals surface area (Å²) in [5.41, 5.74) is 1.42. The maximum Gasteiger partial charge on any atom is 0.122 e. The molecule has 1 fully saturated rings. The van der Waals surface area contributed by atoms with Crippen LogP contribution >= 0.6 is 11.8 Å². The second kappa shape index (κ2) is 6.86. The number of nitrogens with one attached hydrogen (secondary N) is 1.